The number of H-pyrrole nitrogens is 1. The number of fused-ring (bicyclic) bond motifs is 1. The van der Waals surface area contributed by atoms with Gasteiger partial charge in [0.15, 0.2) is 11.5 Å². The van der Waals surface area contributed by atoms with E-state index in [1.807, 2.05) is 30.3 Å². The fraction of sp³-hybridized carbons (Fsp3) is 0.240. The van der Waals surface area contributed by atoms with Crippen LogP contribution in [0.15, 0.2) is 54.7 Å². The summed E-state index contributed by atoms with van der Waals surface area (Å²) in [5, 5.41) is 10.9. The Morgan fingerprint density at radius 2 is 1.74 bits per heavy atom. The highest BCUT2D eigenvalue weighted by Gasteiger charge is 2.17. The Hall–Kier alpha value is -4.27. The zero-order valence-corrected chi connectivity index (χ0v) is 19.3. The number of methoxy groups -OCH3 is 3. The quantitative estimate of drug-likeness (QED) is 0.345. The zero-order chi connectivity index (χ0) is 23.9. The van der Waals surface area contributed by atoms with E-state index in [4.69, 9.17) is 18.9 Å². The normalized spacial score (nSPS) is 10.7. The number of ether oxygens (including phenoxy) is 4. The van der Waals surface area contributed by atoms with Gasteiger partial charge >= 0.3 is 0 Å². The van der Waals surface area contributed by atoms with E-state index in [1.165, 1.54) is 0 Å². The second-order valence-electron chi connectivity index (χ2n) is 7.37. The van der Waals surface area contributed by atoms with Crippen molar-refractivity contribution in [3.63, 3.8) is 0 Å². The summed E-state index contributed by atoms with van der Waals surface area (Å²) < 4.78 is 22.0. The molecule has 0 spiro atoms. The summed E-state index contributed by atoms with van der Waals surface area (Å²) in [6.45, 7) is 0.908. The molecular formula is C25H26N4O5. The smallest absolute Gasteiger partial charge is 0.269 e. The van der Waals surface area contributed by atoms with Crippen molar-refractivity contribution in [2.45, 2.75) is 6.42 Å². The minimum absolute atomic E-state index is 0.252. The Labute approximate surface area is 197 Å². The highest BCUT2D eigenvalue weighted by atomic mass is 16.5. The first-order valence-corrected chi connectivity index (χ1v) is 10.7. The lowest BCUT2D eigenvalue weighted by Gasteiger charge is -2.13. The number of carbonyl (C=O) groups is 1. The molecule has 4 rings (SSSR count). The number of benzene rings is 2. The van der Waals surface area contributed by atoms with Crippen LogP contribution >= 0.6 is 0 Å². The van der Waals surface area contributed by atoms with Gasteiger partial charge in [-0.15, -0.1) is 0 Å². The maximum Gasteiger partial charge on any atom is 0.269 e. The van der Waals surface area contributed by atoms with Crippen molar-refractivity contribution in [2.75, 3.05) is 34.5 Å². The molecule has 176 valence electrons. The van der Waals surface area contributed by atoms with Crippen molar-refractivity contribution >= 4 is 16.8 Å². The molecule has 2 aromatic heterocycles. The summed E-state index contributed by atoms with van der Waals surface area (Å²) in [6, 6.07) is 14.9. The number of carbonyl (C=O) groups excluding carboxylic acids is 1. The van der Waals surface area contributed by atoms with Crippen LogP contribution in [-0.4, -0.2) is 55.6 Å². The standard InChI is InChI=1S/C25H26N4O5/c1-31-21-13-17(14-22(32-2)24(21)33-3)18-15-19(29-28-18)25(30)27-11-6-12-34-20-9-4-7-16-8-5-10-26-23(16)20/h4-5,7-10,13-15H,6,11-12H2,1-3H3,(H,27,30)(H,28,29). The van der Waals surface area contributed by atoms with Gasteiger partial charge in [-0.05, 0) is 36.8 Å². The van der Waals surface area contributed by atoms with Crippen molar-refractivity contribution in [3.05, 3.63) is 60.4 Å². The maximum atomic E-state index is 12.5. The van der Waals surface area contributed by atoms with E-state index >= 15 is 0 Å². The predicted molar refractivity (Wildman–Crippen MR) is 128 cm³/mol. The van der Waals surface area contributed by atoms with Crippen LogP contribution in [0.25, 0.3) is 22.2 Å². The molecule has 0 aliphatic carbocycles. The molecule has 0 saturated carbocycles. The van der Waals surface area contributed by atoms with E-state index in [0.29, 0.717) is 48.2 Å². The average molecular weight is 463 g/mol. The van der Waals surface area contributed by atoms with Crippen molar-refractivity contribution in [2.24, 2.45) is 0 Å². The van der Waals surface area contributed by atoms with E-state index in [-0.39, 0.29) is 5.91 Å². The molecule has 9 heteroatoms. The topological polar surface area (TPSA) is 108 Å². The molecule has 1 amide bonds. The average Bonchev–Trinajstić information content (AvgIpc) is 3.38. The molecule has 2 aromatic carbocycles. The zero-order valence-electron chi connectivity index (χ0n) is 19.3. The third-order valence-electron chi connectivity index (χ3n) is 5.24. The molecule has 0 unspecified atom stereocenters. The second kappa shape index (κ2) is 10.6. The lowest BCUT2D eigenvalue weighted by molar-refractivity contribution is 0.0946. The van der Waals surface area contributed by atoms with Gasteiger partial charge in [-0.1, -0.05) is 18.2 Å². The van der Waals surface area contributed by atoms with Crippen molar-refractivity contribution in [1.82, 2.24) is 20.5 Å². The molecule has 0 saturated heterocycles. The third kappa shape index (κ3) is 4.88. The van der Waals surface area contributed by atoms with Gasteiger partial charge in [0, 0.05) is 23.7 Å². The first-order chi connectivity index (χ1) is 16.6. The molecule has 0 bridgehead atoms. The molecule has 4 aromatic rings. The molecule has 0 atom stereocenters. The highest BCUT2D eigenvalue weighted by molar-refractivity contribution is 5.93. The minimum Gasteiger partial charge on any atom is -0.493 e. The summed E-state index contributed by atoms with van der Waals surface area (Å²) >= 11 is 0. The number of nitrogens with zero attached hydrogens (tertiary/aromatic N) is 2. The summed E-state index contributed by atoms with van der Waals surface area (Å²) in [4.78, 5) is 16.9. The summed E-state index contributed by atoms with van der Waals surface area (Å²) in [7, 11) is 4.64. The Morgan fingerprint density at radius 1 is 0.971 bits per heavy atom. The van der Waals surface area contributed by atoms with Gasteiger partial charge < -0.3 is 24.3 Å². The van der Waals surface area contributed by atoms with Gasteiger partial charge in [0.1, 0.15) is 17.0 Å². The lowest BCUT2D eigenvalue weighted by Crippen LogP contribution is -2.25. The van der Waals surface area contributed by atoms with Gasteiger partial charge in [-0.2, -0.15) is 5.10 Å². The Bertz CT molecular complexity index is 1260. The number of hydrogen-bond acceptors (Lipinski definition) is 7. The first kappa shape index (κ1) is 22.9. The number of rotatable bonds is 10. The number of aromatic nitrogens is 3. The monoisotopic (exact) mass is 462 g/mol. The SMILES string of the molecule is COc1cc(-c2cc(C(=O)NCCCOc3cccc4cccnc34)[nH]n2)cc(OC)c1OC. The van der Waals surface area contributed by atoms with E-state index in [9.17, 15) is 4.79 Å². The van der Waals surface area contributed by atoms with E-state index in [1.54, 1.807) is 45.7 Å². The highest BCUT2D eigenvalue weighted by Crippen LogP contribution is 2.40. The van der Waals surface area contributed by atoms with Crippen LogP contribution in [0.3, 0.4) is 0 Å². The summed E-state index contributed by atoms with van der Waals surface area (Å²) in [5.74, 6) is 1.98. The van der Waals surface area contributed by atoms with Crippen LogP contribution in [0.1, 0.15) is 16.9 Å². The summed E-state index contributed by atoms with van der Waals surface area (Å²) in [5.41, 5.74) is 2.48. The molecule has 0 radical (unpaired) electrons. The predicted octanol–water partition coefficient (Wildman–Crippen LogP) is 3.85. The van der Waals surface area contributed by atoms with Crippen LogP contribution in [0.5, 0.6) is 23.0 Å². The van der Waals surface area contributed by atoms with Crippen molar-refractivity contribution in [1.29, 1.82) is 0 Å². The molecule has 0 aliphatic rings. The van der Waals surface area contributed by atoms with Gasteiger partial charge in [-0.25, -0.2) is 0 Å². The van der Waals surface area contributed by atoms with Crippen molar-refractivity contribution < 1.29 is 23.7 Å². The maximum absolute atomic E-state index is 12.5. The molecule has 34 heavy (non-hydrogen) atoms. The molecule has 2 heterocycles. The molecule has 9 nitrogen and oxygen atoms in total. The van der Waals surface area contributed by atoms with Crippen LogP contribution in [0, 0.1) is 0 Å². The van der Waals surface area contributed by atoms with Crippen LogP contribution < -0.4 is 24.3 Å². The molecular weight excluding hydrogens is 436 g/mol. The second-order valence-corrected chi connectivity index (χ2v) is 7.37. The number of para-hydroxylation sites is 1. The number of amides is 1. The fourth-order valence-electron chi connectivity index (χ4n) is 3.56. The molecule has 2 N–H and O–H groups in total. The van der Waals surface area contributed by atoms with E-state index in [0.717, 1.165) is 22.2 Å². The van der Waals surface area contributed by atoms with E-state index < -0.39 is 0 Å². The Morgan fingerprint density at radius 3 is 2.47 bits per heavy atom. The number of hydrogen-bond donors (Lipinski definition) is 2. The van der Waals surface area contributed by atoms with Crippen LogP contribution in [0.2, 0.25) is 0 Å². The number of aromatic amines is 1. The molecule has 0 aliphatic heterocycles. The Kier molecular flexibility index (Phi) is 7.12. The Balaban J connectivity index is 1.33. The van der Waals surface area contributed by atoms with Gasteiger partial charge in [0.25, 0.3) is 5.91 Å². The minimum atomic E-state index is -0.252. The van der Waals surface area contributed by atoms with Crippen LogP contribution in [-0.2, 0) is 0 Å². The number of nitrogens with one attached hydrogen (secondary N) is 2. The van der Waals surface area contributed by atoms with Gasteiger partial charge in [-0.3, -0.25) is 14.9 Å². The summed E-state index contributed by atoms with van der Waals surface area (Å²) in [6.07, 6.45) is 2.38. The lowest BCUT2D eigenvalue weighted by atomic mass is 10.1. The third-order valence-corrected chi connectivity index (χ3v) is 5.24. The van der Waals surface area contributed by atoms with Gasteiger partial charge in [0.2, 0.25) is 5.75 Å². The molecule has 0 fully saturated rings. The fourth-order valence-corrected chi connectivity index (χ4v) is 3.56. The number of pyridine rings is 1. The first-order valence-electron chi connectivity index (χ1n) is 10.7. The van der Waals surface area contributed by atoms with Gasteiger partial charge in [0.05, 0.1) is 33.6 Å². The largest absolute Gasteiger partial charge is 0.493 e. The van der Waals surface area contributed by atoms with E-state index in [2.05, 4.69) is 20.5 Å². The van der Waals surface area contributed by atoms with Crippen molar-refractivity contribution in [3.8, 4) is 34.3 Å². The van der Waals surface area contributed by atoms with Crippen LogP contribution in [0.4, 0.5) is 0 Å².